The van der Waals surface area contributed by atoms with Crippen LogP contribution in [0.2, 0.25) is 0 Å². The molecule has 0 amide bonds. The van der Waals surface area contributed by atoms with Gasteiger partial charge in [0.1, 0.15) is 0 Å². The number of hydrogen-bond donors (Lipinski definition) is 1. The SMILES string of the molecule is CC(C)n1ccnc1NCc1ccc(C(F)(F)F)cc1. The Morgan fingerprint density at radius 1 is 1.20 bits per heavy atom. The van der Waals surface area contributed by atoms with E-state index in [1.165, 1.54) is 12.1 Å². The number of nitrogens with zero attached hydrogens (tertiary/aromatic N) is 2. The van der Waals surface area contributed by atoms with Gasteiger partial charge in [0, 0.05) is 25.0 Å². The molecule has 1 N–H and O–H groups in total. The quantitative estimate of drug-likeness (QED) is 0.915. The molecular weight excluding hydrogens is 267 g/mol. The molecular formula is C14H16F3N3. The first kappa shape index (κ1) is 14.4. The molecule has 3 nitrogen and oxygen atoms in total. The second kappa shape index (κ2) is 5.56. The van der Waals surface area contributed by atoms with Crippen LogP contribution in [-0.2, 0) is 12.7 Å². The lowest BCUT2D eigenvalue weighted by Crippen LogP contribution is -2.09. The Balaban J connectivity index is 2.02. The van der Waals surface area contributed by atoms with E-state index in [9.17, 15) is 13.2 Å². The van der Waals surface area contributed by atoms with Gasteiger partial charge in [0.25, 0.3) is 0 Å². The van der Waals surface area contributed by atoms with Crippen molar-refractivity contribution in [1.29, 1.82) is 0 Å². The molecule has 0 saturated heterocycles. The van der Waals surface area contributed by atoms with Gasteiger partial charge >= 0.3 is 6.18 Å². The van der Waals surface area contributed by atoms with Crippen LogP contribution >= 0.6 is 0 Å². The number of alkyl halides is 3. The Bertz CT molecular complexity index is 556. The van der Waals surface area contributed by atoms with Gasteiger partial charge in [0.2, 0.25) is 5.95 Å². The van der Waals surface area contributed by atoms with Gasteiger partial charge in [-0.15, -0.1) is 0 Å². The van der Waals surface area contributed by atoms with Crippen molar-refractivity contribution in [3.63, 3.8) is 0 Å². The van der Waals surface area contributed by atoms with Crippen LogP contribution in [0.3, 0.4) is 0 Å². The molecule has 2 rings (SSSR count). The first-order valence-electron chi connectivity index (χ1n) is 6.31. The van der Waals surface area contributed by atoms with Gasteiger partial charge in [-0.3, -0.25) is 0 Å². The lowest BCUT2D eigenvalue weighted by atomic mass is 10.1. The summed E-state index contributed by atoms with van der Waals surface area (Å²) in [6, 6.07) is 5.39. The second-order valence-corrected chi connectivity index (χ2v) is 4.80. The maximum Gasteiger partial charge on any atom is 0.416 e. The zero-order valence-electron chi connectivity index (χ0n) is 11.3. The van der Waals surface area contributed by atoms with Crippen molar-refractivity contribution in [3.05, 3.63) is 47.8 Å². The minimum atomic E-state index is -4.29. The molecule has 0 unspecified atom stereocenters. The first-order chi connectivity index (χ1) is 9.38. The van der Waals surface area contributed by atoms with Crippen LogP contribution < -0.4 is 5.32 Å². The average Bonchev–Trinajstić information content (AvgIpc) is 2.84. The largest absolute Gasteiger partial charge is 0.416 e. The smallest absolute Gasteiger partial charge is 0.352 e. The molecule has 0 aliphatic rings. The van der Waals surface area contributed by atoms with Gasteiger partial charge in [-0.2, -0.15) is 13.2 Å². The van der Waals surface area contributed by atoms with Gasteiger partial charge < -0.3 is 9.88 Å². The maximum absolute atomic E-state index is 12.4. The molecule has 0 saturated carbocycles. The monoisotopic (exact) mass is 283 g/mol. The number of anilines is 1. The van der Waals surface area contributed by atoms with E-state index in [2.05, 4.69) is 10.3 Å². The Kier molecular flexibility index (Phi) is 4.01. The number of imidazole rings is 1. The topological polar surface area (TPSA) is 29.9 Å². The summed E-state index contributed by atoms with van der Waals surface area (Å²) in [6.07, 6.45) is -0.741. The highest BCUT2D eigenvalue weighted by atomic mass is 19.4. The van der Waals surface area contributed by atoms with Crippen molar-refractivity contribution < 1.29 is 13.2 Å². The molecule has 0 aliphatic heterocycles. The van der Waals surface area contributed by atoms with Crippen molar-refractivity contribution in [2.75, 3.05) is 5.32 Å². The van der Waals surface area contributed by atoms with E-state index in [-0.39, 0.29) is 6.04 Å². The van der Waals surface area contributed by atoms with Crippen molar-refractivity contribution in [2.24, 2.45) is 0 Å². The average molecular weight is 283 g/mol. The number of nitrogens with one attached hydrogen (secondary N) is 1. The number of aromatic nitrogens is 2. The standard InChI is InChI=1S/C14H16F3N3/c1-10(2)20-8-7-18-13(20)19-9-11-3-5-12(6-4-11)14(15,16)17/h3-8,10H,9H2,1-2H3,(H,18,19). The van der Waals surface area contributed by atoms with Crippen LogP contribution in [0.15, 0.2) is 36.7 Å². The van der Waals surface area contributed by atoms with Gasteiger partial charge in [-0.25, -0.2) is 4.98 Å². The predicted molar refractivity (Wildman–Crippen MR) is 71.4 cm³/mol. The number of benzene rings is 1. The fourth-order valence-corrected chi connectivity index (χ4v) is 1.86. The highest BCUT2D eigenvalue weighted by Gasteiger charge is 2.29. The van der Waals surface area contributed by atoms with Gasteiger partial charge in [0.15, 0.2) is 0 Å². The molecule has 0 aliphatic carbocycles. The maximum atomic E-state index is 12.4. The highest BCUT2D eigenvalue weighted by Crippen LogP contribution is 2.29. The zero-order valence-corrected chi connectivity index (χ0v) is 11.3. The molecule has 108 valence electrons. The minimum absolute atomic E-state index is 0.271. The summed E-state index contributed by atoms with van der Waals surface area (Å²) in [4.78, 5) is 4.18. The van der Waals surface area contributed by atoms with E-state index in [1.807, 2.05) is 24.6 Å². The minimum Gasteiger partial charge on any atom is -0.352 e. The first-order valence-corrected chi connectivity index (χ1v) is 6.31. The number of halogens is 3. The predicted octanol–water partition coefficient (Wildman–Crippen LogP) is 4.09. The number of hydrogen-bond acceptors (Lipinski definition) is 2. The molecule has 20 heavy (non-hydrogen) atoms. The Morgan fingerprint density at radius 2 is 1.85 bits per heavy atom. The highest BCUT2D eigenvalue weighted by molar-refractivity contribution is 5.31. The van der Waals surface area contributed by atoms with Crippen molar-refractivity contribution >= 4 is 5.95 Å². The van der Waals surface area contributed by atoms with E-state index in [1.54, 1.807) is 6.20 Å². The number of rotatable bonds is 4. The molecule has 1 aromatic heterocycles. The summed E-state index contributed by atoms with van der Waals surface area (Å²) in [5, 5.41) is 3.12. The Labute approximate surface area is 115 Å². The van der Waals surface area contributed by atoms with Gasteiger partial charge in [0.05, 0.1) is 5.56 Å². The lowest BCUT2D eigenvalue weighted by Gasteiger charge is -2.13. The van der Waals surface area contributed by atoms with Crippen LogP contribution in [0, 0.1) is 0 Å². The van der Waals surface area contributed by atoms with Crippen molar-refractivity contribution in [1.82, 2.24) is 9.55 Å². The van der Waals surface area contributed by atoms with Crippen LogP contribution in [-0.4, -0.2) is 9.55 Å². The summed E-state index contributed by atoms with van der Waals surface area (Å²) < 4.78 is 39.3. The summed E-state index contributed by atoms with van der Waals surface area (Å²) in [7, 11) is 0. The fraction of sp³-hybridized carbons (Fsp3) is 0.357. The van der Waals surface area contributed by atoms with Crippen LogP contribution in [0.5, 0.6) is 0 Å². The van der Waals surface area contributed by atoms with E-state index in [0.717, 1.165) is 17.7 Å². The summed E-state index contributed by atoms with van der Waals surface area (Å²) in [5.74, 6) is 0.708. The van der Waals surface area contributed by atoms with E-state index in [0.29, 0.717) is 12.5 Å². The van der Waals surface area contributed by atoms with Gasteiger partial charge in [-0.05, 0) is 31.5 Å². The molecule has 0 atom stereocenters. The Morgan fingerprint density at radius 3 is 2.40 bits per heavy atom. The van der Waals surface area contributed by atoms with E-state index < -0.39 is 11.7 Å². The molecule has 0 fully saturated rings. The van der Waals surface area contributed by atoms with Crippen molar-refractivity contribution in [3.8, 4) is 0 Å². The Hall–Kier alpha value is -1.98. The van der Waals surface area contributed by atoms with E-state index >= 15 is 0 Å². The van der Waals surface area contributed by atoms with E-state index in [4.69, 9.17) is 0 Å². The summed E-state index contributed by atoms with van der Waals surface area (Å²) in [5.41, 5.74) is 0.140. The third kappa shape index (κ3) is 3.31. The third-order valence-corrected chi connectivity index (χ3v) is 2.96. The second-order valence-electron chi connectivity index (χ2n) is 4.80. The molecule has 2 aromatic rings. The van der Waals surface area contributed by atoms with Crippen LogP contribution in [0.1, 0.15) is 31.0 Å². The summed E-state index contributed by atoms with van der Waals surface area (Å²) >= 11 is 0. The van der Waals surface area contributed by atoms with Gasteiger partial charge in [-0.1, -0.05) is 12.1 Å². The molecule has 6 heteroatoms. The molecule has 0 bridgehead atoms. The van der Waals surface area contributed by atoms with Crippen LogP contribution in [0.25, 0.3) is 0 Å². The third-order valence-electron chi connectivity index (χ3n) is 2.96. The molecule has 1 heterocycles. The van der Waals surface area contributed by atoms with Crippen LogP contribution in [0.4, 0.5) is 19.1 Å². The summed E-state index contributed by atoms with van der Waals surface area (Å²) in [6.45, 7) is 4.50. The molecule has 0 radical (unpaired) electrons. The fourth-order valence-electron chi connectivity index (χ4n) is 1.86. The molecule has 0 spiro atoms. The van der Waals surface area contributed by atoms with Crippen molar-refractivity contribution in [2.45, 2.75) is 32.6 Å². The normalized spacial score (nSPS) is 11.9. The molecule has 1 aromatic carbocycles. The zero-order chi connectivity index (χ0) is 14.8. The lowest BCUT2D eigenvalue weighted by molar-refractivity contribution is -0.137.